The summed E-state index contributed by atoms with van der Waals surface area (Å²) in [5.41, 5.74) is 7.09. The highest BCUT2D eigenvalue weighted by Crippen LogP contribution is 2.20. The molecule has 17 heavy (non-hydrogen) atoms. The van der Waals surface area contributed by atoms with Gasteiger partial charge in [0.2, 0.25) is 5.91 Å². The van der Waals surface area contributed by atoms with Crippen LogP contribution in [-0.2, 0) is 16.1 Å². The third kappa shape index (κ3) is 2.68. The van der Waals surface area contributed by atoms with Gasteiger partial charge in [-0.25, -0.2) is 0 Å². The van der Waals surface area contributed by atoms with Gasteiger partial charge in [-0.1, -0.05) is 0 Å². The van der Waals surface area contributed by atoms with Crippen molar-refractivity contribution in [1.82, 2.24) is 4.90 Å². The van der Waals surface area contributed by atoms with E-state index >= 15 is 0 Å². The van der Waals surface area contributed by atoms with Crippen molar-refractivity contribution in [2.75, 3.05) is 20.3 Å². The number of carbonyl (C=O) groups excluding carboxylic acids is 1. The van der Waals surface area contributed by atoms with E-state index in [9.17, 15) is 4.79 Å². The lowest BCUT2D eigenvalue weighted by molar-refractivity contribution is -0.134. The number of aryl methyl sites for hydroxylation is 1. The molecular weight excluding hydrogens is 236 g/mol. The number of thiophene rings is 1. The molecule has 0 aromatic carbocycles. The summed E-state index contributed by atoms with van der Waals surface area (Å²) < 4.78 is 5.23. The van der Waals surface area contributed by atoms with Crippen LogP contribution in [0, 0.1) is 12.8 Å². The molecule has 1 fully saturated rings. The molecule has 0 radical (unpaired) electrons. The van der Waals surface area contributed by atoms with Crippen LogP contribution in [0.4, 0.5) is 0 Å². The fourth-order valence-electron chi connectivity index (χ4n) is 1.97. The van der Waals surface area contributed by atoms with Gasteiger partial charge in [0.1, 0.15) is 0 Å². The minimum Gasteiger partial charge on any atom is -0.379 e. The molecule has 4 nitrogen and oxygen atoms in total. The number of carbonyl (C=O) groups is 1. The number of hydrogen-bond donors (Lipinski definition) is 1. The smallest absolute Gasteiger partial charge is 0.229 e. The van der Waals surface area contributed by atoms with Crippen LogP contribution >= 0.6 is 11.3 Å². The van der Waals surface area contributed by atoms with Crippen molar-refractivity contribution in [3.8, 4) is 0 Å². The maximum Gasteiger partial charge on any atom is 0.229 e. The Kier molecular flexibility index (Phi) is 3.81. The maximum atomic E-state index is 12.2. The molecule has 0 bridgehead atoms. The van der Waals surface area contributed by atoms with Crippen LogP contribution in [0.5, 0.6) is 0 Å². The average Bonchev–Trinajstić information content (AvgIpc) is 2.88. The molecule has 5 heteroatoms. The Morgan fingerprint density at radius 1 is 1.65 bits per heavy atom. The van der Waals surface area contributed by atoms with Gasteiger partial charge in [-0.05, 0) is 23.9 Å². The predicted molar refractivity (Wildman–Crippen MR) is 67.8 cm³/mol. The molecule has 2 heterocycles. The van der Waals surface area contributed by atoms with Crippen LogP contribution in [0.25, 0.3) is 0 Å². The van der Waals surface area contributed by atoms with Gasteiger partial charge in [0, 0.05) is 18.0 Å². The van der Waals surface area contributed by atoms with E-state index in [0.717, 1.165) is 0 Å². The predicted octanol–water partition coefficient (Wildman–Crippen LogP) is 0.989. The van der Waals surface area contributed by atoms with Crippen molar-refractivity contribution in [3.05, 3.63) is 21.9 Å². The summed E-state index contributed by atoms with van der Waals surface area (Å²) in [6.07, 6.45) is 0. The van der Waals surface area contributed by atoms with E-state index in [-0.39, 0.29) is 17.9 Å². The Balaban J connectivity index is 1.98. The summed E-state index contributed by atoms with van der Waals surface area (Å²) in [6, 6.07) is 1.91. The first-order valence-corrected chi connectivity index (χ1v) is 6.59. The van der Waals surface area contributed by atoms with Crippen molar-refractivity contribution in [2.24, 2.45) is 11.7 Å². The van der Waals surface area contributed by atoms with Crippen molar-refractivity contribution in [2.45, 2.75) is 19.5 Å². The third-order valence-corrected chi connectivity index (χ3v) is 4.17. The summed E-state index contributed by atoms with van der Waals surface area (Å²) >= 11 is 1.68. The highest BCUT2D eigenvalue weighted by molar-refractivity contribution is 7.10. The molecule has 2 atom stereocenters. The van der Waals surface area contributed by atoms with Gasteiger partial charge in [0.25, 0.3) is 0 Å². The van der Waals surface area contributed by atoms with Crippen LogP contribution < -0.4 is 5.73 Å². The van der Waals surface area contributed by atoms with Gasteiger partial charge >= 0.3 is 0 Å². The first-order valence-electron chi connectivity index (χ1n) is 5.71. The maximum absolute atomic E-state index is 12.2. The molecule has 94 valence electrons. The number of nitrogens with zero attached hydrogens (tertiary/aromatic N) is 1. The Labute approximate surface area is 105 Å². The zero-order valence-electron chi connectivity index (χ0n) is 10.2. The average molecular weight is 254 g/mol. The normalized spacial score (nSPS) is 23.9. The van der Waals surface area contributed by atoms with Crippen LogP contribution in [0.1, 0.15) is 10.4 Å². The Hall–Kier alpha value is -0.910. The zero-order valence-corrected chi connectivity index (χ0v) is 11.0. The van der Waals surface area contributed by atoms with Gasteiger partial charge < -0.3 is 15.4 Å². The van der Waals surface area contributed by atoms with Crippen LogP contribution in [-0.4, -0.2) is 37.1 Å². The summed E-state index contributed by atoms with van der Waals surface area (Å²) in [5.74, 6) is -0.0944. The highest BCUT2D eigenvalue weighted by Gasteiger charge is 2.33. The second-order valence-electron chi connectivity index (χ2n) is 4.53. The van der Waals surface area contributed by atoms with Gasteiger partial charge in [-0.3, -0.25) is 4.79 Å². The Morgan fingerprint density at radius 2 is 2.41 bits per heavy atom. The molecule has 1 aliphatic rings. The molecular formula is C12H18N2O2S. The van der Waals surface area contributed by atoms with E-state index in [4.69, 9.17) is 10.5 Å². The zero-order chi connectivity index (χ0) is 12.4. The van der Waals surface area contributed by atoms with Gasteiger partial charge in [-0.2, -0.15) is 0 Å². The quantitative estimate of drug-likeness (QED) is 0.875. The van der Waals surface area contributed by atoms with E-state index in [0.29, 0.717) is 19.8 Å². The SMILES string of the molecule is Cc1ccsc1CN(C)C(=O)C1COCC1N. The fourth-order valence-corrected chi connectivity index (χ4v) is 2.93. The molecule has 2 unspecified atom stereocenters. The Morgan fingerprint density at radius 3 is 2.94 bits per heavy atom. The number of nitrogens with two attached hydrogens (primary N) is 1. The second-order valence-corrected chi connectivity index (χ2v) is 5.53. The molecule has 0 aliphatic carbocycles. The molecule has 0 spiro atoms. The fraction of sp³-hybridized carbons (Fsp3) is 0.583. The van der Waals surface area contributed by atoms with Gasteiger partial charge in [-0.15, -0.1) is 11.3 Å². The lowest BCUT2D eigenvalue weighted by atomic mass is 10.0. The van der Waals surface area contributed by atoms with Crippen LogP contribution in [0.3, 0.4) is 0 Å². The van der Waals surface area contributed by atoms with E-state index in [1.54, 1.807) is 16.2 Å². The summed E-state index contributed by atoms with van der Waals surface area (Å²) in [4.78, 5) is 15.1. The largest absolute Gasteiger partial charge is 0.379 e. The van der Waals surface area contributed by atoms with E-state index in [2.05, 4.69) is 13.0 Å². The lowest BCUT2D eigenvalue weighted by Crippen LogP contribution is -2.41. The summed E-state index contributed by atoms with van der Waals surface area (Å²) in [5, 5.41) is 2.05. The van der Waals surface area contributed by atoms with Crippen molar-refractivity contribution in [1.29, 1.82) is 0 Å². The molecule has 1 amide bonds. The van der Waals surface area contributed by atoms with Crippen molar-refractivity contribution >= 4 is 17.2 Å². The Bertz CT molecular complexity index is 405. The van der Waals surface area contributed by atoms with Crippen LogP contribution in [0.2, 0.25) is 0 Å². The monoisotopic (exact) mass is 254 g/mol. The van der Waals surface area contributed by atoms with Crippen molar-refractivity contribution < 1.29 is 9.53 Å². The third-order valence-electron chi connectivity index (χ3n) is 3.17. The van der Waals surface area contributed by atoms with Gasteiger partial charge in [0.05, 0.1) is 25.7 Å². The van der Waals surface area contributed by atoms with E-state index < -0.39 is 0 Å². The molecule has 1 saturated heterocycles. The minimum atomic E-state index is -0.180. The summed E-state index contributed by atoms with van der Waals surface area (Å²) in [7, 11) is 1.83. The molecule has 1 aliphatic heterocycles. The number of amides is 1. The lowest BCUT2D eigenvalue weighted by Gasteiger charge is -2.22. The number of rotatable bonds is 3. The van der Waals surface area contributed by atoms with E-state index in [1.165, 1.54) is 10.4 Å². The number of ether oxygens (including phenoxy) is 1. The molecule has 2 N–H and O–H groups in total. The molecule has 2 rings (SSSR count). The first kappa shape index (κ1) is 12.5. The van der Waals surface area contributed by atoms with Crippen molar-refractivity contribution in [3.63, 3.8) is 0 Å². The topological polar surface area (TPSA) is 55.6 Å². The molecule has 0 saturated carbocycles. The molecule has 1 aromatic rings. The second kappa shape index (κ2) is 5.16. The van der Waals surface area contributed by atoms with Gasteiger partial charge in [0.15, 0.2) is 0 Å². The minimum absolute atomic E-state index is 0.0859. The standard InChI is InChI=1S/C12H18N2O2S/c1-8-3-4-17-11(8)5-14(2)12(15)9-6-16-7-10(9)13/h3-4,9-10H,5-7,13H2,1-2H3. The van der Waals surface area contributed by atoms with Crippen LogP contribution in [0.15, 0.2) is 11.4 Å². The summed E-state index contributed by atoms with van der Waals surface area (Å²) in [6.45, 7) is 3.66. The molecule has 1 aromatic heterocycles. The number of hydrogen-bond acceptors (Lipinski definition) is 4. The van der Waals surface area contributed by atoms with E-state index in [1.807, 2.05) is 12.4 Å². The first-order chi connectivity index (χ1) is 8.09. The highest BCUT2D eigenvalue weighted by atomic mass is 32.1.